The Morgan fingerprint density at radius 3 is 2.38 bits per heavy atom. The van der Waals surface area contributed by atoms with Gasteiger partial charge < -0.3 is 14.8 Å². The van der Waals surface area contributed by atoms with Gasteiger partial charge in [-0.2, -0.15) is 0 Å². The van der Waals surface area contributed by atoms with Crippen LogP contribution in [0.15, 0.2) is 42.5 Å². The van der Waals surface area contributed by atoms with E-state index in [-0.39, 0.29) is 5.91 Å². The third-order valence-corrected chi connectivity index (χ3v) is 4.25. The number of rotatable bonds is 7. The van der Waals surface area contributed by atoms with Crippen LogP contribution in [0.5, 0.6) is 5.75 Å². The van der Waals surface area contributed by atoms with Crippen molar-refractivity contribution in [1.82, 2.24) is 0 Å². The van der Waals surface area contributed by atoms with Gasteiger partial charge in [-0.15, -0.1) is 0 Å². The third kappa shape index (κ3) is 4.99. The molecule has 2 aromatic carbocycles. The number of halogens is 1. The molecule has 26 heavy (non-hydrogen) atoms. The molecule has 138 valence electrons. The van der Waals surface area contributed by atoms with Crippen molar-refractivity contribution < 1.29 is 19.1 Å². The van der Waals surface area contributed by atoms with Gasteiger partial charge in [0.2, 0.25) is 0 Å². The van der Waals surface area contributed by atoms with E-state index in [0.29, 0.717) is 28.4 Å². The van der Waals surface area contributed by atoms with Gasteiger partial charge in [0.15, 0.2) is 6.10 Å². The Balaban J connectivity index is 2.12. The largest absolute Gasteiger partial charge is 0.481 e. The summed E-state index contributed by atoms with van der Waals surface area (Å²) in [5, 5.41) is 3.05. The molecule has 0 aromatic heterocycles. The number of amides is 1. The fourth-order valence-electron chi connectivity index (χ4n) is 2.37. The third-order valence-electron chi connectivity index (χ3n) is 3.92. The van der Waals surface area contributed by atoms with Crippen LogP contribution in [0.4, 0.5) is 5.69 Å². The minimum atomic E-state index is -0.680. The zero-order valence-corrected chi connectivity index (χ0v) is 15.8. The van der Waals surface area contributed by atoms with Crippen molar-refractivity contribution in [3.05, 3.63) is 58.6 Å². The standard InChI is InChI=1S/C20H22ClNO4/c1-4-13-6-9-15(10-7-13)26-18(5-2)19(23)22-17-12-14(20(24)25-3)8-11-16(17)21/h6-12,18H,4-5H2,1-3H3,(H,22,23)/t18-/m1/s1. The highest BCUT2D eigenvalue weighted by Gasteiger charge is 2.20. The van der Waals surface area contributed by atoms with E-state index >= 15 is 0 Å². The minimum Gasteiger partial charge on any atom is -0.481 e. The second-order valence-corrected chi connectivity index (χ2v) is 6.09. The fraction of sp³-hybridized carbons (Fsp3) is 0.300. The van der Waals surface area contributed by atoms with Crippen molar-refractivity contribution in [3.8, 4) is 5.75 Å². The van der Waals surface area contributed by atoms with E-state index in [4.69, 9.17) is 16.3 Å². The van der Waals surface area contributed by atoms with Gasteiger partial charge in [-0.25, -0.2) is 4.79 Å². The zero-order valence-electron chi connectivity index (χ0n) is 15.0. The number of carbonyl (C=O) groups is 2. The van der Waals surface area contributed by atoms with Gasteiger partial charge >= 0.3 is 5.97 Å². The van der Waals surface area contributed by atoms with Crippen molar-refractivity contribution in [2.24, 2.45) is 0 Å². The number of ether oxygens (including phenoxy) is 2. The van der Waals surface area contributed by atoms with E-state index in [2.05, 4.69) is 17.0 Å². The Morgan fingerprint density at radius 1 is 1.12 bits per heavy atom. The van der Waals surface area contributed by atoms with Crippen LogP contribution in [0.3, 0.4) is 0 Å². The number of hydrogen-bond donors (Lipinski definition) is 1. The molecular formula is C20H22ClNO4. The van der Waals surface area contributed by atoms with Crippen molar-refractivity contribution in [1.29, 1.82) is 0 Å². The van der Waals surface area contributed by atoms with Crippen LogP contribution in [0, 0.1) is 0 Å². The molecule has 0 spiro atoms. The second kappa shape index (κ2) is 9.25. The lowest BCUT2D eigenvalue weighted by Gasteiger charge is -2.18. The molecule has 5 nitrogen and oxygen atoms in total. The highest BCUT2D eigenvalue weighted by molar-refractivity contribution is 6.33. The molecule has 0 saturated carbocycles. The molecule has 0 aliphatic carbocycles. The van der Waals surface area contributed by atoms with Crippen LogP contribution in [0.1, 0.15) is 36.2 Å². The molecule has 6 heteroatoms. The Labute approximate surface area is 158 Å². The van der Waals surface area contributed by atoms with Crippen LogP contribution in [0.25, 0.3) is 0 Å². The van der Waals surface area contributed by atoms with Gasteiger partial charge in [-0.1, -0.05) is 37.6 Å². The molecular weight excluding hydrogens is 354 g/mol. The van der Waals surface area contributed by atoms with Gasteiger partial charge in [0, 0.05) is 0 Å². The summed E-state index contributed by atoms with van der Waals surface area (Å²) in [5.41, 5.74) is 1.83. The lowest BCUT2D eigenvalue weighted by molar-refractivity contribution is -0.122. The highest BCUT2D eigenvalue weighted by atomic mass is 35.5. The molecule has 0 unspecified atom stereocenters. The maximum Gasteiger partial charge on any atom is 0.337 e. The van der Waals surface area contributed by atoms with Gasteiger partial charge in [0.05, 0.1) is 23.4 Å². The smallest absolute Gasteiger partial charge is 0.337 e. The molecule has 0 aliphatic rings. The lowest BCUT2D eigenvalue weighted by Crippen LogP contribution is -2.32. The molecule has 0 bridgehead atoms. The van der Waals surface area contributed by atoms with E-state index in [1.54, 1.807) is 0 Å². The quantitative estimate of drug-likeness (QED) is 0.724. The van der Waals surface area contributed by atoms with Crippen LogP contribution in [0.2, 0.25) is 5.02 Å². The minimum absolute atomic E-state index is 0.302. The van der Waals surface area contributed by atoms with Crippen molar-refractivity contribution in [3.63, 3.8) is 0 Å². The first-order valence-corrected chi connectivity index (χ1v) is 8.80. The second-order valence-electron chi connectivity index (χ2n) is 5.69. The number of aryl methyl sites for hydroxylation is 1. The summed E-state index contributed by atoms with van der Waals surface area (Å²) in [5.74, 6) is -0.217. The number of carbonyl (C=O) groups excluding carboxylic acids is 2. The SMILES string of the molecule is CCc1ccc(O[C@H](CC)C(=O)Nc2cc(C(=O)OC)ccc2Cl)cc1. The molecule has 2 rings (SSSR count). The molecule has 1 atom stereocenters. The molecule has 1 amide bonds. The first-order valence-electron chi connectivity index (χ1n) is 8.42. The first kappa shape index (κ1) is 19.8. The summed E-state index contributed by atoms with van der Waals surface area (Å²) in [4.78, 5) is 24.2. The first-order chi connectivity index (χ1) is 12.5. The maximum absolute atomic E-state index is 12.6. The monoisotopic (exact) mass is 375 g/mol. The Hall–Kier alpha value is -2.53. The van der Waals surface area contributed by atoms with E-state index < -0.39 is 12.1 Å². The Bertz CT molecular complexity index is 774. The van der Waals surface area contributed by atoms with E-state index in [1.165, 1.54) is 30.9 Å². The predicted octanol–water partition coefficient (Wildman–Crippen LogP) is 4.49. The highest BCUT2D eigenvalue weighted by Crippen LogP contribution is 2.24. The Morgan fingerprint density at radius 2 is 1.81 bits per heavy atom. The fourth-order valence-corrected chi connectivity index (χ4v) is 2.53. The summed E-state index contributed by atoms with van der Waals surface area (Å²) in [6.07, 6.45) is 0.739. The van der Waals surface area contributed by atoms with Crippen molar-refractivity contribution in [2.45, 2.75) is 32.8 Å². The summed E-state index contributed by atoms with van der Waals surface area (Å²) in [7, 11) is 1.29. The number of esters is 1. The molecule has 1 N–H and O–H groups in total. The molecule has 0 heterocycles. The number of hydrogen-bond acceptors (Lipinski definition) is 4. The number of methoxy groups -OCH3 is 1. The van der Waals surface area contributed by atoms with Crippen LogP contribution in [-0.4, -0.2) is 25.1 Å². The summed E-state index contributed by atoms with van der Waals surface area (Å²) in [6, 6.07) is 12.2. The topological polar surface area (TPSA) is 64.6 Å². The Kier molecular flexibility index (Phi) is 7.04. The average molecular weight is 376 g/mol. The van der Waals surface area contributed by atoms with Crippen LogP contribution >= 0.6 is 11.6 Å². The molecule has 2 aromatic rings. The van der Waals surface area contributed by atoms with E-state index in [9.17, 15) is 9.59 Å². The predicted molar refractivity (Wildman–Crippen MR) is 102 cm³/mol. The van der Waals surface area contributed by atoms with E-state index in [0.717, 1.165) is 6.42 Å². The number of anilines is 1. The molecule has 0 radical (unpaired) electrons. The summed E-state index contributed by atoms with van der Waals surface area (Å²) in [6.45, 7) is 3.93. The van der Waals surface area contributed by atoms with E-state index in [1.807, 2.05) is 31.2 Å². The molecule has 0 saturated heterocycles. The number of benzene rings is 2. The van der Waals surface area contributed by atoms with Gasteiger partial charge in [0.1, 0.15) is 5.75 Å². The number of nitrogens with one attached hydrogen (secondary N) is 1. The van der Waals surface area contributed by atoms with Gasteiger partial charge in [-0.3, -0.25) is 4.79 Å². The lowest BCUT2D eigenvalue weighted by atomic mass is 10.1. The zero-order chi connectivity index (χ0) is 19.1. The van der Waals surface area contributed by atoms with Gasteiger partial charge in [-0.05, 0) is 48.7 Å². The normalized spacial score (nSPS) is 11.5. The summed E-state index contributed by atoms with van der Waals surface area (Å²) >= 11 is 6.12. The average Bonchev–Trinajstić information content (AvgIpc) is 2.67. The van der Waals surface area contributed by atoms with Gasteiger partial charge in [0.25, 0.3) is 5.91 Å². The van der Waals surface area contributed by atoms with Crippen molar-refractivity contribution in [2.75, 3.05) is 12.4 Å². The van der Waals surface area contributed by atoms with Crippen LogP contribution < -0.4 is 10.1 Å². The van der Waals surface area contributed by atoms with Crippen LogP contribution in [-0.2, 0) is 16.0 Å². The molecule has 0 fully saturated rings. The molecule has 0 aliphatic heterocycles. The van der Waals surface area contributed by atoms with Crippen molar-refractivity contribution >= 4 is 29.2 Å². The maximum atomic E-state index is 12.6. The summed E-state index contributed by atoms with van der Waals surface area (Å²) < 4.78 is 10.5.